The summed E-state index contributed by atoms with van der Waals surface area (Å²) in [7, 11) is 1.54. The number of anilines is 1. The van der Waals surface area contributed by atoms with Crippen LogP contribution in [-0.4, -0.2) is 17.1 Å². The Labute approximate surface area is 162 Å². The third-order valence-electron chi connectivity index (χ3n) is 4.19. The molecule has 0 bridgehead atoms. The lowest BCUT2D eigenvalue weighted by Crippen LogP contribution is -2.12. The first kappa shape index (κ1) is 19.4. The molecule has 27 heavy (non-hydrogen) atoms. The number of nitrogens with one attached hydrogen (secondary N) is 1. The van der Waals surface area contributed by atoms with Crippen molar-refractivity contribution >= 4 is 32.7 Å². The normalized spacial score (nSPS) is 12.4. The van der Waals surface area contributed by atoms with Crippen LogP contribution in [0, 0.1) is 12.7 Å². The predicted octanol–water partition coefficient (Wildman–Crippen LogP) is 5.96. The number of aromatic nitrogens is 2. The van der Waals surface area contributed by atoms with Gasteiger partial charge in [-0.2, -0.15) is 0 Å². The highest BCUT2D eigenvalue weighted by atomic mass is 79.9. The van der Waals surface area contributed by atoms with Crippen LogP contribution in [0.5, 0.6) is 5.75 Å². The van der Waals surface area contributed by atoms with E-state index in [2.05, 4.69) is 31.2 Å². The molecule has 0 spiro atoms. The van der Waals surface area contributed by atoms with Gasteiger partial charge in [-0.3, -0.25) is 0 Å². The molecule has 0 radical (unpaired) electrons. The maximum atomic E-state index is 14.5. The zero-order valence-electron chi connectivity index (χ0n) is 14.9. The van der Waals surface area contributed by atoms with Gasteiger partial charge in [-0.25, -0.2) is 23.1 Å². The average Bonchev–Trinajstić information content (AvgIpc) is 2.60. The molecule has 2 aromatic carbocycles. The van der Waals surface area contributed by atoms with E-state index < -0.39 is 23.8 Å². The molecule has 0 fully saturated rings. The second kappa shape index (κ2) is 7.72. The Hall–Kier alpha value is -2.35. The molecule has 0 aliphatic rings. The van der Waals surface area contributed by atoms with Crippen LogP contribution in [0.4, 0.5) is 19.0 Å². The maximum Gasteiger partial charge on any atom is 0.266 e. The molecule has 0 saturated heterocycles. The van der Waals surface area contributed by atoms with Gasteiger partial charge in [0.2, 0.25) is 0 Å². The van der Waals surface area contributed by atoms with Crippen molar-refractivity contribution in [2.45, 2.75) is 26.3 Å². The van der Waals surface area contributed by atoms with E-state index in [1.54, 1.807) is 33.1 Å². The van der Waals surface area contributed by atoms with Gasteiger partial charge in [-0.15, -0.1) is 0 Å². The summed E-state index contributed by atoms with van der Waals surface area (Å²) in [5.41, 5.74) is 0.198. The molecule has 3 rings (SSSR count). The van der Waals surface area contributed by atoms with Crippen LogP contribution in [0.15, 0.2) is 34.8 Å². The first-order valence-electron chi connectivity index (χ1n) is 8.16. The lowest BCUT2D eigenvalue weighted by Gasteiger charge is -2.19. The first-order chi connectivity index (χ1) is 12.8. The minimum atomic E-state index is -2.87. The number of halogens is 4. The monoisotopic (exact) mass is 439 g/mol. The Morgan fingerprint density at radius 2 is 1.85 bits per heavy atom. The summed E-state index contributed by atoms with van der Waals surface area (Å²) in [4.78, 5) is 8.79. The summed E-state index contributed by atoms with van der Waals surface area (Å²) in [5.74, 6) is 0.674. The van der Waals surface area contributed by atoms with Crippen LogP contribution in [0.1, 0.15) is 36.3 Å². The van der Waals surface area contributed by atoms with Gasteiger partial charge >= 0.3 is 0 Å². The lowest BCUT2D eigenvalue weighted by molar-refractivity contribution is 0.146. The van der Waals surface area contributed by atoms with E-state index in [4.69, 9.17) is 4.74 Å². The quantitative estimate of drug-likeness (QED) is 0.532. The SMILES string of the molecule is COc1cc2c(N[C@H](C)c3cccc(C(F)F)c3F)nc(C)nc2cc1Br. The topological polar surface area (TPSA) is 47.0 Å². The van der Waals surface area contributed by atoms with E-state index in [1.165, 1.54) is 12.1 Å². The lowest BCUT2D eigenvalue weighted by atomic mass is 10.0. The second-order valence-corrected chi connectivity index (χ2v) is 6.89. The summed E-state index contributed by atoms with van der Waals surface area (Å²) in [6, 6.07) is 6.96. The number of alkyl halides is 2. The van der Waals surface area contributed by atoms with E-state index in [9.17, 15) is 13.2 Å². The zero-order chi connectivity index (χ0) is 19.7. The van der Waals surface area contributed by atoms with E-state index in [0.717, 1.165) is 10.5 Å². The van der Waals surface area contributed by atoms with Crippen molar-refractivity contribution < 1.29 is 17.9 Å². The molecule has 0 saturated carbocycles. The van der Waals surface area contributed by atoms with Crippen LogP contribution in [0.25, 0.3) is 10.9 Å². The minimum absolute atomic E-state index is 0.140. The molecular weight excluding hydrogens is 423 g/mol. The van der Waals surface area contributed by atoms with Crippen molar-refractivity contribution in [1.29, 1.82) is 0 Å². The minimum Gasteiger partial charge on any atom is -0.496 e. The molecule has 0 unspecified atom stereocenters. The molecule has 0 amide bonds. The third kappa shape index (κ3) is 3.85. The summed E-state index contributed by atoms with van der Waals surface area (Å²) in [6.07, 6.45) is -2.87. The van der Waals surface area contributed by atoms with Crippen molar-refractivity contribution in [3.8, 4) is 5.75 Å². The van der Waals surface area contributed by atoms with Gasteiger partial charge in [0.25, 0.3) is 6.43 Å². The second-order valence-electron chi connectivity index (χ2n) is 6.04. The third-order valence-corrected chi connectivity index (χ3v) is 4.81. The smallest absolute Gasteiger partial charge is 0.266 e. The number of hydrogen-bond donors (Lipinski definition) is 1. The van der Waals surface area contributed by atoms with Gasteiger partial charge in [0.05, 0.1) is 28.7 Å². The molecule has 0 aliphatic carbocycles. The first-order valence-corrected chi connectivity index (χ1v) is 8.96. The van der Waals surface area contributed by atoms with Crippen LogP contribution in [-0.2, 0) is 0 Å². The van der Waals surface area contributed by atoms with Crippen LogP contribution >= 0.6 is 15.9 Å². The molecule has 3 aromatic rings. The van der Waals surface area contributed by atoms with Gasteiger partial charge in [0.1, 0.15) is 23.2 Å². The fraction of sp³-hybridized carbons (Fsp3) is 0.263. The standard InChI is InChI=1S/C19H17BrF3N3O/c1-9(11-5-4-6-12(17(11)21)18(22)23)24-19-13-7-16(27-3)14(20)8-15(13)25-10(2)26-19/h4-9,18H,1-3H3,(H,24,25,26)/t9-/m1/s1. The molecule has 1 aromatic heterocycles. The van der Waals surface area contributed by atoms with E-state index in [1.807, 2.05) is 0 Å². The van der Waals surface area contributed by atoms with Crippen molar-refractivity contribution in [2.75, 3.05) is 12.4 Å². The fourth-order valence-electron chi connectivity index (χ4n) is 2.87. The van der Waals surface area contributed by atoms with E-state index in [0.29, 0.717) is 28.3 Å². The average molecular weight is 440 g/mol. The molecule has 1 atom stereocenters. The number of nitrogens with zero attached hydrogens (tertiary/aromatic N) is 2. The number of ether oxygens (including phenoxy) is 1. The Kier molecular flexibility index (Phi) is 5.55. The Bertz CT molecular complexity index is 998. The molecule has 4 nitrogen and oxygen atoms in total. The van der Waals surface area contributed by atoms with Crippen LogP contribution in [0.3, 0.4) is 0 Å². The highest BCUT2D eigenvalue weighted by Crippen LogP contribution is 2.34. The largest absolute Gasteiger partial charge is 0.496 e. The van der Waals surface area contributed by atoms with Crippen molar-refractivity contribution in [1.82, 2.24) is 9.97 Å². The van der Waals surface area contributed by atoms with Gasteiger partial charge < -0.3 is 10.1 Å². The Morgan fingerprint density at radius 3 is 2.52 bits per heavy atom. The summed E-state index contributed by atoms with van der Waals surface area (Å²) in [5, 5.41) is 3.79. The summed E-state index contributed by atoms with van der Waals surface area (Å²) < 4.78 is 46.5. The number of rotatable bonds is 5. The van der Waals surface area contributed by atoms with Crippen LogP contribution in [0.2, 0.25) is 0 Å². The molecule has 1 N–H and O–H groups in total. The summed E-state index contributed by atoms with van der Waals surface area (Å²) in [6.45, 7) is 3.43. The number of benzene rings is 2. The molecular formula is C19H17BrF3N3O. The zero-order valence-corrected chi connectivity index (χ0v) is 16.4. The van der Waals surface area contributed by atoms with Gasteiger partial charge in [0.15, 0.2) is 0 Å². The number of fused-ring (bicyclic) bond motifs is 1. The summed E-state index contributed by atoms with van der Waals surface area (Å²) >= 11 is 3.42. The molecule has 142 valence electrons. The highest BCUT2D eigenvalue weighted by Gasteiger charge is 2.20. The van der Waals surface area contributed by atoms with Crippen LogP contribution < -0.4 is 10.1 Å². The molecule has 0 aliphatic heterocycles. The van der Waals surface area contributed by atoms with Crippen molar-refractivity contribution in [3.05, 3.63) is 57.6 Å². The molecule has 1 heterocycles. The van der Waals surface area contributed by atoms with Gasteiger partial charge in [-0.1, -0.05) is 18.2 Å². The highest BCUT2D eigenvalue weighted by molar-refractivity contribution is 9.10. The van der Waals surface area contributed by atoms with Gasteiger partial charge in [0, 0.05) is 10.9 Å². The van der Waals surface area contributed by atoms with Crippen molar-refractivity contribution in [2.24, 2.45) is 0 Å². The van der Waals surface area contributed by atoms with Gasteiger partial charge in [-0.05, 0) is 41.9 Å². The molecule has 8 heteroatoms. The van der Waals surface area contributed by atoms with Crippen molar-refractivity contribution in [3.63, 3.8) is 0 Å². The predicted molar refractivity (Wildman–Crippen MR) is 102 cm³/mol. The van der Waals surface area contributed by atoms with E-state index >= 15 is 0 Å². The maximum absolute atomic E-state index is 14.5. The number of methoxy groups -OCH3 is 1. The van der Waals surface area contributed by atoms with E-state index in [-0.39, 0.29) is 5.56 Å². The number of hydrogen-bond acceptors (Lipinski definition) is 4. The number of aryl methyl sites for hydroxylation is 1. The Morgan fingerprint density at radius 1 is 1.15 bits per heavy atom. The fourth-order valence-corrected chi connectivity index (χ4v) is 3.36. The Balaban J connectivity index is 2.05.